The van der Waals surface area contributed by atoms with Gasteiger partial charge in [-0.25, -0.2) is 13.1 Å². The molecule has 1 unspecified atom stereocenters. The van der Waals surface area contributed by atoms with E-state index in [0.717, 1.165) is 12.1 Å². The van der Waals surface area contributed by atoms with Crippen LogP contribution in [0.15, 0.2) is 47.4 Å². The molecule has 0 aliphatic carbocycles. The number of alkyl halides is 3. The fourth-order valence-electron chi connectivity index (χ4n) is 2.22. The van der Waals surface area contributed by atoms with Crippen molar-refractivity contribution < 1.29 is 31.5 Å². The topological polar surface area (TPSA) is 109 Å². The Kier molecular flexibility index (Phi) is 5.28. The number of rotatable bonds is 5. The van der Waals surface area contributed by atoms with Gasteiger partial charge in [0.15, 0.2) is 0 Å². The molecule has 0 aromatic heterocycles. The van der Waals surface area contributed by atoms with Gasteiger partial charge in [0, 0.05) is 6.04 Å². The molecule has 4 N–H and O–H groups in total. The zero-order valence-electron chi connectivity index (χ0n) is 13.4. The second kappa shape index (κ2) is 6.96. The van der Waals surface area contributed by atoms with Gasteiger partial charge in [0.25, 0.3) is 5.91 Å². The highest BCUT2D eigenvalue weighted by Crippen LogP contribution is 2.30. The van der Waals surface area contributed by atoms with Gasteiger partial charge in [-0.1, -0.05) is 6.07 Å². The summed E-state index contributed by atoms with van der Waals surface area (Å²) in [5.41, 5.74) is 4.33. The van der Waals surface area contributed by atoms with Crippen LogP contribution in [0.5, 0.6) is 5.75 Å². The van der Waals surface area contributed by atoms with E-state index < -0.39 is 39.5 Å². The van der Waals surface area contributed by atoms with E-state index in [0.29, 0.717) is 17.7 Å². The molecule has 0 aliphatic rings. The Morgan fingerprint density at radius 2 is 1.73 bits per heavy atom. The lowest BCUT2D eigenvalue weighted by atomic mass is 10.1. The number of amides is 1. The molecule has 6 nitrogen and oxygen atoms in total. The van der Waals surface area contributed by atoms with Crippen molar-refractivity contribution >= 4 is 15.9 Å². The standard InChI is InChI=1S/C16H15F3N2O4S/c1-9(10-2-7-13(15(20)23)14(22)8-10)21-26(24,25)12-5-3-11(4-6-12)16(17,18)19/h2-9,21-22H,1H3,(H2,20,23). The number of aromatic hydroxyl groups is 1. The fourth-order valence-corrected chi connectivity index (χ4v) is 3.45. The van der Waals surface area contributed by atoms with Crippen LogP contribution in [-0.4, -0.2) is 19.4 Å². The van der Waals surface area contributed by atoms with Gasteiger partial charge in [-0.15, -0.1) is 0 Å². The molecule has 0 radical (unpaired) electrons. The van der Waals surface area contributed by atoms with Crippen LogP contribution in [0.2, 0.25) is 0 Å². The van der Waals surface area contributed by atoms with Crippen LogP contribution < -0.4 is 10.5 Å². The smallest absolute Gasteiger partial charge is 0.416 e. The Hall–Kier alpha value is -2.59. The van der Waals surface area contributed by atoms with Crippen molar-refractivity contribution in [3.05, 3.63) is 59.2 Å². The van der Waals surface area contributed by atoms with E-state index in [1.165, 1.54) is 25.1 Å². The van der Waals surface area contributed by atoms with Crippen LogP contribution in [0.25, 0.3) is 0 Å². The highest BCUT2D eigenvalue weighted by atomic mass is 32.2. The van der Waals surface area contributed by atoms with Gasteiger partial charge in [0.05, 0.1) is 16.0 Å². The molecule has 0 spiro atoms. The minimum Gasteiger partial charge on any atom is -0.507 e. The summed E-state index contributed by atoms with van der Waals surface area (Å²) in [5.74, 6) is -1.25. The fraction of sp³-hybridized carbons (Fsp3) is 0.188. The zero-order chi connectivity index (χ0) is 19.7. The summed E-state index contributed by atoms with van der Waals surface area (Å²) in [6.45, 7) is 1.47. The average molecular weight is 388 g/mol. The lowest BCUT2D eigenvalue weighted by Gasteiger charge is -2.16. The van der Waals surface area contributed by atoms with E-state index in [9.17, 15) is 31.5 Å². The largest absolute Gasteiger partial charge is 0.507 e. The third-order valence-electron chi connectivity index (χ3n) is 3.61. The molecule has 0 saturated heterocycles. The van der Waals surface area contributed by atoms with E-state index >= 15 is 0 Å². The number of benzene rings is 2. The summed E-state index contributed by atoms with van der Waals surface area (Å²) in [7, 11) is -4.10. The maximum Gasteiger partial charge on any atom is 0.416 e. The van der Waals surface area contributed by atoms with Gasteiger partial charge in [0.1, 0.15) is 5.75 Å². The van der Waals surface area contributed by atoms with Crippen LogP contribution in [0.4, 0.5) is 13.2 Å². The van der Waals surface area contributed by atoms with Crippen molar-refractivity contribution in [1.82, 2.24) is 4.72 Å². The molecule has 1 atom stereocenters. The second-order valence-electron chi connectivity index (χ2n) is 5.51. The average Bonchev–Trinajstić information content (AvgIpc) is 2.53. The van der Waals surface area contributed by atoms with Crippen molar-refractivity contribution in [2.45, 2.75) is 24.0 Å². The zero-order valence-corrected chi connectivity index (χ0v) is 14.2. The van der Waals surface area contributed by atoms with E-state index in [1.807, 2.05) is 0 Å². The normalized spacial score (nSPS) is 13.4. The number of carbonyl (C=O) groups excluding carboxylic acids is 1. The highest BCUT2D eigenvalue weighted by molar-refractivity contribution is 7.89. The first-order valence-corrected chi connectivity index (χ1v) is 8.72. The lowest BCUT2D eigenvalue weighted by Crippen LogP contribution is -2.27. The van der Waals surface area contributed by atoms with Crippen LogP contribution >= 0.6 is 0 Å². The molecule has 0 heterocycles. The Labute approximate surface area is 147 Å². The predicted octanol–water partition coefficient (Wildman–Crippen LogP) is 2.55. The molecule has 140 valence electrons. The summed E-state index contributed by atoms with van der Waals surface area (Å²) in [6.07, 6.45) is -4.57. The van der Waals surface area contributed by atoms with Gasteiger partial charge >= 0.3 is 6.18 Å². The molecule has 2 aromatic carbocycles. The monoisotopic (exact) mass is 388 g/mol. The van der Waals surface area contributed by atoms with Crippen molar-refractivity contribution in [3.63, 3.8) is 0 Å². The number of phenols is 1. The summed E-state index contributed by atoms with van der Waals surface area (Å²) < 4.78 is 64.6. The number of hydrogen-bond acceptors (Lipinski definition) is 4. The SMILES string of the molecule is CC(NS(=O)(=O)c1ccc(C(F)(F)F)cc1)c1ccc(C(N)=O)c(O)c1. The van der Waals surface area contributed by atoms with Gasteiger partial charge in [0.2, 0.25) is 10.0 Å². The first kappa shape index (κ1) is 19.7. The van der Waals surface area contributed by atoms with E-state index in [2.05, 4.69) is 4.72 Å². The number of nitrogens with two attached hydrogens (primary N) is 1. The predicted molar refractivity (Wildman–Crippen MR) is 86.8 cm³/mol. The van der Waals surface area contributed by atoms with Gasteiger partial charge < -0.3 is 10.8 Å². The van der Waals surface area contributed by atoms with Gasteiger partial charge in [-0.2, -0.15) is 13.2 Å². The van der Waals surface area contributed by atoms with E-state index in [1.54, 1.807) is 0 Å². The second-order valence-corrected chi connectivity index (χ2v) is 7.22. The van der Waals surface area contributed by atoms with E-state index in [4.69, 9.17) is 5.73 Å². The maximum atomic E-state index is 12.6. The molecule has 0 saturated carbocycles. The number of nitrogens with one attached hydrogen (secondary N) is 1. The molecule has 0 fully saturated rings. The number of halogens is 3. The Morgan fingerprint density at radius 1 is 1.15 bits per heavy atom. The molecule has 10 heteroatoms. The first-order chi connectivity index (χ1) is 11.9. The van der Waals surface area contributed by atoms with Gasteiger partial charge in [-0.3, -0.25) is 4.79 Å². The molecule has 1 amide bonds. The van der Waals surface area contributed by atoms with Crippen molar-refractivity contribution in [1.29, 1.82) is 0 Å². The minimum absolute atomic E-state index is 0.119. The maximum absolute atomic E-state index is 12.6. The molecule has 2 rings (SSSR count). The number of hydrogen-bond donors (Lipinski definition) is 3. The molecule has 0 bridgehead atoms. The molecular formula is C16H15F3N2O4S. The summed E-state index contributed by atoms with van der Waals surface area (Å²) in [5, 5.41) is 9.75. The summed E-state index contributed by atoms with van der Waals surface area (Å²) >= 11 is 0. The van der Waals surface area contributed by atoms with Crippen LogP contribution in [0.3, 0.4) is 0 Å². The van der Waals surface area contributed by atoms with Crippen molar-refractivity contribution in [3.8, 4) is 5.75 Å². The molecule has 0 aliphatic heterocycles. The Balaban J connectivity index is 2.23. The summed E-state index contributed by atoms with van der Waals surface area (Å²) in [6, 6.07) is 6.06. The third kappa shape index (κ3) is 4.33. The number of sulfonamides is 1. The molecule has 2 aromatic rings. The number of primary amides is 1. The first-order valence-electron chi connectivity index (χ1n) is 7.24. The van der Waals surface area contributed by atoms with Crippen molar-refractivity contribution in [2.24, 2.45) is 5.73 Å². The van der Waals surface area contributed by atoms with Crippen molar-refractivity contribution in [2.75, 3.05) is 0 Å². The Bertz CT molecular complexity index is 926. The highest BCUT2D eigenvalue weighted by Gasteiger charge is 2.30. The molecular weight excluding hydrogens is 373 g/mol. The lowest BCUT2D eigenvalue weighted by molar-refractivity contribution is -0.137. The quantitative estimate of drug-likeness (QED) is 0.731. The summed E-state index contributed by atoms with van der Waals surface area (Å²) in [4.78, 5) is 10.7. The molecule has 26 heavy (non-hydrogen) atoms. The van der Waals surface area contributed by atoms with Crippen LogP contribution in [0, 0.1) is 0 Å². The van der Waals surface area contributed by atoms with Crippen LogP contribution in [-0.2, 0) is 16.2 Å². The Morgan fingerprint density at radius 3 is 2.19 bits per heavy atom. The minimum atomic E-state index is -4.57. The number of carbonyl (C=O) groups is 1. The third-order valence-corrected chi connectivity index (χ3v) is 5.17. The van der Waals surface area contributed by atoms with Gasteiger partial charge in [-0.05, 0) is 48.9 Å². The van der Waals surface area contributed by atoms with E-state index in [-0.39, 0.29) is 10.5 Å². The van der Waals surface area contributed by atoms with Crippen LogP contribution in [0.1, 0.15) is 34.5 Å².